The predicted octanol–water partition coefficient (Wildman–Crippen LogP) is 2.03. The van der Waals surface area contributed by atoms with Gasteiger partial charge in [0.15, 0.2) is 0 Å². The van der Waals surface area contributed by atoms with Crippen molar-refractivity contribution in [3.63, 3.8) is 0 Å². The van der Waals surface area contributed by atoms with Gasteiger partial charge in [0.1, 0.15) is 0 Å². The lowest BCUT2D eigenvalue weighted by atomic mass is 9.84. The van der Waals surface area contributed by atoms with E-state index in [1.54, 1.807) is 0 Å². The van der Waals surface area contributed by atoms with Crippen LogP contribution in [-0.2, 0) is 16.1 Å². The van der Waals surface area contributed by atoms with Gasteiger partial charge in [-0.05, 0) is 37.2 Å². The normalized spacial score (nSPS) is 26.2. The molecule has 1 saturated carbocycles. The first-order valence-electron chi connectivity index (χ1n) is 10.0. The van der Waals surface area contributed by atoms with Crippen LogP contribution in [0.3, 0.4) is 0 Å². The molecule has 3 saturated heterocycles. The summed E-state index contributed by atoms with van der Waals surface area (Å²) in [5.41, 5.74) is 1.12. The van der Waals surface area contributed by atoms with Gasteiger partial charge in [-0.3, -0.25) is 14.5 Å². The van der Waals surface area contributed by atoms with Gasteiger partial charge in [0.25, 0.3) is 0 Å². The summed E-state index contributed by atoms with van der Waals surface area (Å²) in [6, 6.07) is 10.3. The van der Waals surface area contributed by atoms with Crippen LogP contribution in [0.2, 0.25) is 0 Å². The molecule has 26 heavy (non-hydrogen) atoms. The maximum Gasteiger partial charge on any atom is 0.234 e. The van der Waals surface area contributed by atoms with Gasteiger partial charge in [0.2, 0.25) is 11.8 Å². The van der Waals surface area contributed by atoms with E-state index in [1.165, 1.54) is 12.8 Å². The Kier molecular flexibility index (Phi) is 5.25. The molecule has 5 rings (SSSR count). The van der Waals surface area contributed by atoms with Crippen molar-refractivity contribution in [1.82, 2.24) is 15.1 Å². The number of piperidine rings is 1. The highest BCUT2D eigenvalue weighted by molar-refractivity contribution is 5.80. The van der Waals surface area contributed by atoms with Crippen molar-refractivity contribution in [2.24, 2.45) is 11.8 Å². The van der Waals surface area contributed by atoms with Crippen LogP contribution in [0.5, 0.6) is 0 Å². The number of rotatable bonds is 5. The zero-order valence-electron chi connectivity index (χ0n) is 15.4. The number of amides is 2. The monoisotopic (exact) mass is 355 g/mol. The van der Waals surface area contributed by atoms with Crippen molar-refractivity contribution >= 4 is 11.8 Å². The summed E-state index contributed by atoms with van der Waals surface area (Å²) in [5.74, 6) is 1.23. The summed E-state index contributed by atoms with van der Waals surface area (Å²) < 4.78 is 0. The fourth-order valence-electron chi connectivity index (χ4n) is 4.50. The number of hydrogen-bond donors (Lipinski definition) is 1. The van der Waals surface area contributed by atoms with Crippen molar-refractivity contribution in [1.29, 1.82) is 0 Å². The Morgan fingerprint density at radius 3 is 2.54 bits per heavy atom. The van der Waals surface area contributed by atoms with Gasteiger partial charge >= 0.3 is 0 Å². The van der Waals surface area contributed by atoms with Crippen molar-refractivity contribution in [2.75, 3.05) is 26.2 Å². The van der Waals surface area contributed by atoms with E-state index in [9.17, 15) is 9.59 Å². The Labute approximate surface area is 155 Å². The molecule has 4 aliphatic rings. The average molecular weight is 355 g/mol. The maximum absolute atomic E-state index is 12.7. The van der Waals surface area contributed by atoms with Crippen LogP contribution in [0.4, 0.5) is 0 Å². The summed E-state index contributed by atoms with van der Waals surface area (Å²) >= 11 is 0. The second-order valence-corrected chi connectivity index (χ2v) is 8.16. The van der Waals surface area contributed by atoms with E-state index >= 15 is 0 Å². The molecule has 1 aromatic rings. The molecule has 4 fully saturated rings. The molecule has 0 radical (unpaired) electrons. The van der Waals surface area contributed by atoms with Gasteiger partial charge in [0, 0.05) is 38.1 Å². The molecule has 1 aromatic carbocycles. The molecule has 0 aromatic heterocycles. The van der Waals surface area contributed by atoms with E-state index in [2.05, 4.69) is 15.1 Å². The number of benzene rings is 1. The lowest BCUT2D eigenvalue weighted by Gasteiger charge is -2.35. The number of hydrogen-bond acceptors (Lipinski definition) is 3. The van der Waals surface area contributed by atoms with Crippen LogP contribution in [0.1, 0.15) is 37.7 Å². The summed E-state index contributed by atoms with van der Waals surface area (Å²) in [6.07, 6.45) is 5.61. The molecule has 1 aliphatic carbocycles. The molecule has 5 nitrogen and oxygen atoms in total. The zero-order chi connectivity index (χ0) is 17.9. The summed E-state index contributed by atoms with van der Waals surface area (Å²) in [6.45, 7) is 3.65. The van der Waals surface area contributed by atoms with Crippen LogP contribution >= 0.6 is 0 Å². The minimum Gasteiger partial charge on any atom is -0.351 e. The highest BCUT2D eigenvalue weighted by Gasteiger charge is 2.39. The maximum atomic E-state index is 12.7. The largest absolute Gasteiger partial charge is 0.351 e. The quantitative estimate of drug-likeness (QED) is 0.879. The van der Waals surface area contributed by atoms with Gasteiger partial charge in [0.05, 0.1) is 6.54 Å². The molecule has 0 spiro atoms. The molecule has 0 unspecified atom stereocenters. The molecule has 140 valence electrons. The van der Waals surface area contributed by atoms with Crippen molar-refractivity contribution in [2.45, 2.75) is 44.7 Å². The fourth-order valence-corrected chi connectivity index (χ4v) is 4.50. The molecule has 3 heterocycles. The fraction of sp³-hybridized carbons (Fsp3) is 0.619. The molecule has 2 bridgehead atoms. The number of fused-ring (bicyclic) bond motifs is 4. The average Bonchev–Trinajstić information content (AvgIpc) is 2.91. The first-order valence-corrected chi connectivity index (χ1v) is 10.0. The van der Waals surface area contributed by atoms with E-state index in [0.717, 1.165) is 44.5 Å². The minimum atomic E-state index is 0.0817. The summed E-state index contributed by atoms with van der Waals surface area (Å²) in [4.78, 5) is 29.5. The van der Waals surface area contributed by atoms with Crippen LogP contribution in [-0.4, -0.2) is 53.8 Å². The lowest BCUT2D eigenvalue weighted by molar-refractivity contribution is -0.138. The Balaban J connectivity index is 1.31. The van der Waals surface area contributed by atoms with Gasteiger partial charge in [-0.1, -0.05) is 36.8 Å². The standard InChI is InChI=1S/C21H29N3O2/c25-20(22-11-16-5-2-1-3-6-16)15-23-12-17-9-10-19(23)14-24(13-17)21(26)18-7-4-8-18/h1-3,5-6,17-19H,4,7-15H2,(H,22,25)/t17-,19-/m1/s1. The van der Waals surface area contributed by atoms with Crippen molar-refractivity contribution < 1.29 is 9.59 Å². The predicted molar refractivity (Wildman–Crippen MR) is 100 cm³/mol. The third-order valence-corrected chi connectivity index (χ3v) is 6.27. The first kappa shape index (κ1) is 17.5. The third kappa shape index (κ3) is 3.93. The second-order valence-electron chi connectivity index (χ2n) is 8.16. The smallest absolute Gasteiger partial charge is 0.234 e. The molecule has 5 heteroatoms. The Bertz CT molecular complexity index is 644. The highest BCUT2D eigenvalue weighted by Crippen LogP contribution is 2.32. The van der Waals surface area contributed by atoms with Gasteiger partial charge < -0.3 is 10.2 Å². The van der Waals surface area contributed by atoms with Crippen LogP contribution in [0, 0.1) is 11.8 Å². The van der Waals surface area contributed by atoms with Gasteiger partial charge in [-0.15, -0.1) is 0 Å². The Morgan fingerprint density at radius 2 is 1.81 bits per heavy atom. The van der Waals surface area contributed by atoms with E-state index < -0.39 is 0 Å². The van der Waals surface area contributed by atoms with Crippen molar-refractivity contribution in [3.05, 3.63) is 35.9 Å². The molecule has 2 atom stereocenters. The van der Waals surface area contributed by atoms with Crippen LogP contribution in [0.25, 0.3) is 0 Å². The topological polar surface area (TPSA) is 52.7 Å². The van der Waals surface area contributed by atoms with E-state index in [4.69, 9.17) is 0 Å². The minimum absolute atomic E-state index is 0.0817. The zero-order valence-corrected chi connectivity index (χ0v) is 15.4. The van der Waals surface area contributed by atoms with Gasteiger partial charge in [-0.25, -0.2) is 0 Å². The lowest BCUT2D eigenvalue weighted by Crippen LogP contribution is -2.49. The third-order valence-electron chi connectivity index (χ3n) is 6.27. The highest BCUT2D eigenvalue weighted by atomic mass is 16.2. The molecular weight excluding hydrogens is 326 g/mol. The number of carbonyl (C=O) groups is 2. The Hall–Kier alpha value is -1.88. The molecular formula is C21H29N3O2. The van der Waals surface area contributed by atoms with Gasteiger partial charge in [-0.2, -0.15) is 0 Å². The molecule has 2 amide bonds. The molecule has 3 aliphatic heterocycles. The Morgan fingerprint density at radius 1 is 1.00 bits per heavy atom. The van der Waals surface area contributed by atoms with Crippen molar-refractivity contribution in [3.8, 4) is 0 Å². The number of carbonyl (C=O) groups excluding carboxylic acids is 2. The first-order chi connectivity index (χ1) is 12.7. The SMILES string of the molecule is O=C(CN1C[C@H]2CC[C@@H]1CN(C(=O)C1CCC1)C2)NCc1ccccc1. The van der Waals surface area contributed by atoms with Crippen LogP contribution in [0.15, 0.2) is 30.3 Å². The molecule has 1 N–H and O–H groups in total. The van der Waals surface area contributed by atoms with E-state index in [0.29, 0.717) is 31.0 Å². The van der Waals surface area contributed by atoms with Crippen LogP contribution < -0.4 is 5.32 Å². The summed E-state index contributed by atoms with van der Waals surface area (Å²) in [5, 5.41) is 3.04. The number of nitrogens with zero attached hydrogens (tertiary/aromatic N) is 2. The number of nitrogens with one attached hydrogen (secondary N) is 1. The van der Waals surface area contributed by atoms with E-state index in [-0.39, 0.29) is 11.8 Å². The second kappa shape index (κ2) is 7.78. The summed E-state index contributed by atoms with van der Waals surface area (Å²) in [7, 11) is 0. The van der Waals surface area contributed by atoms with E-state index in [1.807, 2.05) is 30.3 Å².